The third-order valence-electron chi connectivity index (χ3n) is 2.14. The van der Waals surface area contributed by atoms with E-state index >= 15 is 0 Å². The first-order valence-corrected chi connectivity index (χ1v) is 7.68. The topological polar surface area (TPSA) is 87.5 Å². The van der Waals surface area contributed by atoms with Gasteiger partial charge in [-0.2, -0.15) is 0 Å². The summed E-state index contributed by atoms with van der Waals surface area (Å²) in [6, 6.07) is 1.29. The lowest BCUT2D eigenvalue weighted by Gasteiger charge is -2.01. The number of pyridine rings is 1. The Balaban J connectivity index is 0.000000511. The van der Waals surface area contributed by atoms with Crippen LogP contribution in [-0.2, 0) is 5.33 Å². The Kier molecular flexibility index (Phi) is 9.54. The van der Waals surface area contributed by atoms with E-state index in [-0.39, 0.29) is 10.9 Å². The molecule has 5 nitrogen and oxygen atoms in total. The van der Waals surface area contributed by atoms with E-state index in [4.69, 9.17) is 33.4 Å². The van der Waals surface area contributed by atoms with Crippen LogP contribution in [0.1, 0.15) is 39.8 Å². The zero-order valence-corrected chi connectivity index (χ0v) is 13.7. The lowest BCUT2D eigenvalue weighted by Crippen LogP contribution is -2.10. The molecule has 1 unspecified atom stereocenters. The highest BCUT2D eigenvalue weighted by atomic mass is 79.9. The summed E-state index contributed by atoms with van der Waals surface area (Å²) in [7, 11) is 0. The molecule has 0 aliphatic rings. The summed E-state index contributed by atoms with van der Waals surface area (Å²) in [4.78, 5) is 24.8. The lowest BCUT2D eigenvalue weighted by molar-refractivity contribution is 0.0646. The zero-order chi connectivity index (χ0) is 15.7. The fraction of sp³-hybridized carbons (Fsp3) is 0.417. The number of aromatic carboxylic acids is 2. The van der Waals surface area contributed by atoms with Gasteiger partial charge < -0.3 is 10.2 Å². The van der Waals surface area contributed by atoms with Crippen LogP contribution in [0.25, 0.3) is 0 Å². The summed E-state index contributed by atoms with van der Waals surface area (Å²) in [6.45, 7) is 2.01. The van der Waals surface area contributed by atoms with Crippen LogP contribution in [0.15, 0.2) is 12.3 Å². The first kappa shape index (κ1) is 19.1. The second kappa shape index (κ2) is 9.96. The maximum absolute atomic E-state index is 10.7. The first-order chi connectivity index (χ1) is 9.37. The summed E-state index contributed by atoms with van der Waals surface area (Å²) in [5.74, 6) is -2.07. The van der Waals surface area contributed by atoms with E-state index in [1.165, 1.54) is 12.3 Å². The molecule has 1 heterocycles. The van der Waals surface area contributed by atoms with Crippen LogP contribution in [0.3, 0.4) is 0 Å². The summed E-state index contributed by atoms with van der Waals surface area (Å²) in [5, 5.41) is 18.0. The van der Waals surface area contributed by atoms with Crippen LogP contribution in [0.5, 0.6) is 0 Å². The maximum Gasteiger partial charge on any atom is 0.355 e. The van der Waals surface area contributed by atoms with Crippen molar-refractivity contribution < 1.29 is 19.8 Å². The third-order valence-corrected chi connectivity index (χ3v) is 3.78. The highest BCUT2D eigenvalue weighted by Crippen LogP contribution is 2.11. The molecule has 1 aromatic rings. The van der Waals surface area contributed by atoms with Crippen molar-refractivity contribution in [3.05, 3.63) is 29.1 Å². The van der Waals surface area contributed by atoms with Crippen molar-refractivity contribution in [2.24, 2.45) is 0 Å². The van der Waals surface area contributed by atoms with Crippen LogP contribution in [0.2, 0.25) is 0 Å². The molecule has 0 saturated carbocycles. The summed E-state index contributed by atoms with van der Waals surface area (Å²) >= 11 is 14.0. The molecular formula is C12H14BrCl2NO4. The number of aromatic nitrogens is 1. The Hall–Kier alpha value is -0.850. The van der Waals surface area contributed by atoms with Crippen LogP contribution in [-0.4, -0.2) is 38.4 Å². The molecule has 0 fully saturated rings. The van der Waals surface area contributed by atoms with E-state index in [0.29, 0.717) is 16.8 Å². The van der Waals surface area contributed by atoms with E-state index in [0.717, 1.165) is 6.42 Å². The minimum Gasteiger partial charge on any atom is -0.478 e. The smallest absolute Gasteiger partial charge is 0.355 e. The van der Waals surface area contributed by atoms with Crippen molar-refractivity contribution in [1.29, 1.82) is 0 Å². The fourth-order valence-corrected chi connectivity index (χ4v) is 1.55. The quantitative estimate of drug-likeness (QED) is 0.754. The first-order valence-electron chi connectivity index (χ1n) is 5.58. The molecule has 0 saturated heterocycles. The number of carboxylic acids is 2. The van der Waals surface area contributed by atoms with Gasteiger partial charge in [0.2, 0.25) is 0 Å². The number of halogens is 3. The number of carboxylic acid groups (broad SMARTS) is 2. The van der Waals surface area contributed by atoms with Gasteiger partial charge in [-0.15, -0.1) is 23.2 Å². The molecule has 0 radical (unpaired) electrons. The number of rotatable bonds is 5. The van der Waals surface area contributed by atoms with Crippen molar-refractivity contribution in [2.75, 3.05) is 5.88 Å². The largest absolute Gasteiger partial charge is 0.478 e. The fourth-order valence-electron chi connectivity index (χ4n) is 1.02. The van der Waals surface area contributed by atoms with E-state index in [2.05, 4.69) is 20.9 Å². The standard InChI is InChI=1S/C8H6BrNO4.C4H8Cl2/c9-2-4-1-5(7(11)12)6(8(13)14)10-3-4;1-2-4(6)3-5/h1,3H,2H2,(H,11,12)(H,13,14);4H,2-3H2,1H3. The minimum absolute atomic E-state index is 0.173. The molecule has 112 valence electrons. The minimum atomic E-state index is -1.34. The average molecular weight is 387 g/mol. The van der Waals surface area contributed by atoms with Gasteiger partial charge >= 0.3 is 11.9 Å². The summed E-state index contributed by atoms with van der Waals surface area (Å²) in [5.41, 5.74) is -0.121. The maximum atomic E-state index is 10.7. The highest BCUT2D eigenvalue weighted by molar-refractivity contribution is 9.08. The normalized spacial score (nSPS) is 11.2. The van der Waals surface area contributed by atoms with Crippen molar-refractivity contribution in [2.45, 2.75) is 24.1 Å². The second-order valence-corrected chi connectivity index (χ2v) is 5.13. The Morgan fingerprint density at radius 2 is 2.00 bits per heavy atom. The predicted octanol–water partition coefficient (Wildman–Crippen LogP) is 3.62. The Labute approximate surface area is 135 Å². The molecule has 0 aromatic carbocycles. The molecule has 0 aliphatic carbocycles. The summed E-state index contributed by atoms with van der Waals surface area (Å²) < 4.78 is 0. The van der Waals surface area contributed by atoms with E-state index < -0.39 is 17.6 Å². The van der Waals surface area contributed by atoms with Crippen molar-refractivity contribution >= 4 is 51.1 Å². The number of hydrogen-bond acceptors (Lipinski definition) is 3. The molecule has 1 rings (SSSR count). The summed E-state index contributed by atoms with van der Waals surface area (Å²) in [6.07, 6.45) is 2.29. The molecular weight excluding hydrogens is 373 g/mol. The predicted molar refractivity (Wildman–Crippen MR) is 81.4 cm³/mol. The molecule has 0 amide bonds. The molecule has 8 heteroatoms. The molecule has 20 heavy (non-hydrogen) atoms. The van der Waals surface area contributed by atoms with Gasteiger partial charge in [0.05, 0.1) is 5.56 Å². The zero-order valence-electron chi connectivity index (χ0n) is 10.6. The van der Waals surface area contributed by atoms with Crippen molar-refractivity contribution in [3.63, 3.8) is 0 Å². The Morgan fingerprint density at radius 3 is 2.30 bits per heavy atom. The third kappa shape index (κ3) is 6.54. The number of nitrogens with zero attached hydrogens (tertiary/aromatic N) is 1. The molecule has 0 aliphatic heterocycles. The number of hydrogen-bond donors (Lipinski definition) is 2. The van der Waals surface area contributed by atoms with Gasteiger partial charge in [-0.25, -0.2) is 14.6 Å². The van der Waals surface area contributed by atoms with E-state index in [9.17, 15) is 9.59 Å². The number of alkyl halides is 3. The molecule has 1 atom stereocenters. The monoisotopic (exact) mass is 385 g/mol. The average Bonchev–Trinajstić information content (AvgIpc) is 2.46. The van der Waals surface area contributed by atoms with Gasteiger partial charge in [0.15, 0.2) is 5.69 Å². The van der Waals surface area contributed by atoms with Gasteiger partial charge in [-0.1, -0.05) is 22.9 Å². The highest BCUT2D eigenvalue weighted by Gasteiger charge is 2.17. The van der Waals surface area contributed by atoms with Gasteiger partial charge in [0.1, 0.15) is 0 Å². The van der Waals surface area contributed by atoms with Gasteiger partial charge in [-0.05, 0) is 18.1 Å². The second-order valence-electron chi connectivity index (χ2n) is 3.64. The van der Waals surface area contributed by atoms with Crippen molar-refractivity contribution in [3.8, 4) is 0 Å². The Bertz CT molecular complexity index is 467. The van der Waals surface area contributed by atoms with Crippen LogP contribution in [0.4, 0.5) is 0 Å². The van der Waals surface area contributed by atoms with Crippen LogP contribution in [0, 0.1) is 0 Å². The van der Waals surface area contributed by atoms with Gasteiger partial charge in [0.25, 0.3) is 0 Å². The van der Waals surface area contributed by atoms with E-state index in [1.807, 2.05) is 6.92 Å². The Morgan fingerprint density at radius 1 is 1.40 bits per heavy atom. The SMILES string of the molecule is CCC(Cl)CCl.O=C(O)c1cc(CBr)cnc1C(=O)O. The van der Waals surface area contributed by atoms with Crippen LogP contribution < -0.4 is 0 Å². The molecule has 1 aromatic heterocycles. The number of carbonyl (C=O) groups is 2. The van der Waals surface area contributed by atoms with Gasteiger partial charge in [0, 0.05) is 22.8 Å². The molecule has 0 spiro atoms. The van der Waals surface area contributed by atoms with Crippen LogP contribution >= 0.6 is 39.1 Å². The van der Waals surface area contributed by atoms with Crippen molar-refractivity contribution in [1.82, 2.24) is 4.98 Å². The molecule has 2 N–H and O–H groups in total. The molecule has 0 bridgehead atoms. The van der Waals surface area contributed by atoms with E-state index in [1.54, 1.807) is 0 Å². The van der Waals surface area contributed by atoms with Gasteiger partial charge in [-0.3, -0.25) is 0 Å². The lowest BCUT2D eigenvalue weighted by atomic mass is 10.1.